The lowest BCUT2D eigenvalue weighted by Crippen LogP contribution is -2.39. The Morgan fingerprint density at radius 1 is 1.36 bits per heavy atom. The molecule has 156 valence electrons. The molecule has 0 aliphatic heterocycles. The Kier molecular flexibility index (Phi) is 9.62. The number of nitrogens with zero attached hydrogens (tertiary/aromatic N) is 2. The molecule has 0 aliphatic carbocycles. The van der Waals surface area contributed by atoms with Gasteiger partial charge >= 0.3 is 0 Å². The number of methoxy groups -OCH3 is 1. The number of nitrogens with one attached hydrogen (secondary N) is 2. The number of aromatic nitrogens is 1. The fourth-order valence-electron chi connectivity index (χ4n) is 2.49. The van der Waals surface area contributed by atoms with Gasteiger partial charge in [0, 0.05) is 30.8 Å². The standard InChI is InChI=1S/C20H29FN4OS.HI/c1-13(14-7-8-16(26-6)15(21)11-14)24-19(22-5)23-10-9-18-25-17(12-27-18)20(2,3)4;/h7-8,11-13H,9-10H2,1-6H3,(H2,22,23,24);1H. The third-order valence-electron chi connectivity index (χ3n) is 4.20. The minimum absolute atomic E-state index is 0. The maximum atomic E-state index is 13.9. The molecule has 28 heavy (non-hydrogen) atoms. The molecule has 1 aromatic heterocycles. The van der Waals surface area contributed by atoms with Crippen molar-refractivity contribution in [2.45, 2.75) is 45.6 Å². The maximum Gasteiger partial charge on any atom is 0.191 e. The first-order valence-electron chi connectivity index (χ1n) is 9.00. The summed E-state index contributed by atoms with van der Waals surface area (Å²) in [7, 11) is 3.18. The third-order valence-corrected chi connectivity index (χ3v) is 5.11. The fourth-order valence-corrected chi connectivity index (χ4v) is 3.52. The molecule has 0 spiro atoms. The first kappa shape index (κ1) is 24.6. The Bertz CT molecular complexity index is 789. The van der Waals surface area contributed by atoms with Gasteiger partial charge in [0.25, 0.3) is 0 Å². The Labute approximate surface area is 188 Å². The maximum absolute atomic E-state index is 13.9. The Morgan fingerprint density at radius 3 is 2.61 bits per heavy atom. The van der Waals surface area contributed by atoms with E-state index in [-0.39, 0.29) is 47.0 Å². The molecule has 2 aromatic rings. The van der Waals surface area contributed by atoms with Gasteiger partial charge in [0.1, 0.15) is 0 Å². The molecule has 1 heterocycles. The predicted octanol–water partition coefficient (Wildman–Crippen LogP) is 4.68. The topological polar surface area (TPSA) is 58.5 Å². The minimum atomic E-state index is -0.370. The summed E-state index contributed by atoms with van der Waals surface area (Å²) in [4.78, 5) is 8.95. The number of guanidine groups is 1. The molecule has 1 atom stereocenters. The van der Waals surface area contributed by atoms with Gasteiger partial charge in [-0.2, -0.15) is 0 Å². The molecular weight excluding hydrogens is 490 g/mol. The lowest BCUT2D eigenvalue weighted by Gasteiger charge is -2.18. The summed E-state index contributed by atoms with van der Waals surface area (Å²) in [5, 5.41) is 9.80. The van der Waals surface area contributed by atoms with Gasteiger partial charge in [0.05, 0.1) is 23.9 Å². The normalized spacial score (nSPS) is 12.9. The van der Waals surface area contributed by atoms with Gasteiger partial charge in [-0.15, -0.1) is 35.3 Å². The van der Waals surface area contributed by atoms with Crippen LogP contribution < -0.4 is 15.4 Å². The van der Waals surface area contributed by atoms with Crippen molar-refractivity contribution in [1.82, 2.24) is 15.6 Å². The molecule has 0 radical (unpaired) electrons. The van der Waals surface area contributed by atoms with E-state index in [1.54, 1.807) is 24.5 Å². The van der Waals surface area contributed by atoms with Gasteiger partial charge in [0.15, 0.2) is 17.5 Å². The van der Waals surface area contributed by atoms with Crippen LogP contribution in [0.15, 0.2) is 28.6 Å². The summed E-state index contributed by atoms with van der Waals surface area (Å²) in [5.74, 6) is 0.544. The van der Waals surface area contributed by atoms with E-state index in [1.165, 1.54) is 13.2 Å². The highest BCUT2D eigenvalue weighted by Gasteiger charge is 2.17. The number of hydrogen-bond donors (Lipinski definition) is 2. The summed E-state index contributed by atoms with van der Waals surface area (Å²) in [6.07, 6.45) is 0.826. The average Bonchev–Trinajstić information content (AvgIpc) is 3.10. The van der Waals surface area contributed by atoms with Crippen LogP contribution in [0.2, 0.25) is 0 Å². The van der Waals surface area contributed by atoms with E-state index in [0.29, 0.717) is 5.96 Å². The molecule has 2 N–H and O–H groups in total. The quantitative estimate of drug-likeness (QED) is 0.330. The Hall–Kier alpha value is -1.42. The van der Waals surface area contributed by atoms with Crippen LogP contribution in [0.25, 0.3) is 0 Å². The zero-order valence-corrected chi connectivity index (χ0v) is 20.4. The predicted molar refractivity (Wildman–Crippen MR) is 126 cm³/mol. The van der Waals surface area contributed by atoms with Crippen molar-refractivity contribution in [1.29, 1.82) is 0 Å². The van der Waals surface area contributed by atoms with Crippen molar-refractivity contribution in [3.63, 3.8) is 0 Å². The van der Waals surface area contributed by atoms with Crippen molar-refractivity contribution in [2.24, 2.45) is 4.99 Å². The van der Waals surface area contributed by atoms with Crippen LogP contribution in [-0.2, 0) is 11.8 Å². The molecule has 0 saturated carbocycles. The first-order valence-corrected chi connectivity index (χ1v) is 9.88. The summed E-state index contributed by atoms with van der Waals surface area (Å²) in [5.41, 5.74) is 2.02. The van der Waals surface area contributed by atoms with Crippen molar-refractivity contribution in [2.75, 3.05) is 20.7 Å². The van der Waals surface area contributed by atoms with Crippen LogP contribution >= 0.6 is 35.3 Å². The van der Waals surface area contributed by atoms with E-state index in [1.807, 2.05) is 13.0 Å². The highest BCUT2D eigenvalue weighted by molar-refractivity contribution is 14.0. The summed E-state index contributed by atoms with van der Waals surface area (Å²) in [6.45, 7) is 9.18. The SMILES string of the molecule is CN=C(NCCc1nc(C(C)(C)C)cs1)NC(C)c1ccc(OC)c(F)c1.I. The minimum Gasteiger partial charge on any atom is -0.494 e. The molecule has 0 amide bonds. The van der Waals surface area contributed by atoms with E-state index in [9.17, 15) is 4.39 Å². The summed E-state index contributed by atoms with van der Waals surface area (Å²) in [6, 6.07) is 4.86. The second-order valence-electron chi connectivity index (χ2n) is 7.39. The first-order chi connectivity index (χ1) is 12.7. The van der Waals surface area contributed by atoms with Crippen LogP contribution in [0.5, 0.6) is 5.75 Å². The highest BCUT2D eigenvalue weighted by atomic mass is 127. The molecule has 0 fully saturated rings. The molecule has 5 nitrogen and oxygen atoms in total. The van der Waals surface area contributed by atoms with E-state index >= 15 is 0 Å². The van der Waals surface area contributed by atoms with Gasteiger partial charge in [-0.25, -0.2) is 9.37 Å². The van der Waals surface area contributed by atoms with Crippen LogP contribution in [0.4, 0.5) is 4.39 Å². The largest absolute Gasteiger partial charge is 0.494 e. The van der Waals surface area contributed by atoms with Gasteiger partial charge in [-0.1, -0.05) is 26.8 Å². The zero-order chi connectivity index (χ0) is 20.0. The molecular formula is C20H30FIN4OS. The van der Waals surface area contributed by atoms with E-state index in [0.717, 1.165) is 29.2 Å². The number of hydrogen-bond acceptors (Lipinski definition) is 4. The molecule has 0 saturated heterocycles. The lowest BCUT2D eigenvalue weighted by atomic mass is 9.93. The average molecular weight is 520 g/mol. The third kappa shape index (κ3) is 6.88. The van der Waals surface area contributed by atoms with E-state index in [4.69, 9.17) is 9.72 Å². The molecule has 8 heteroatoms. The monoisotopic (exact) mass is 520 g/mol. The van der Waals surface area contributed by atoms with Gasteiger partial charge < -0.3 is 15.4 Å². The van der Waals surface area contributed by atoms with Crippen LogP contribution in [0, 0.1) is 5.82 Å². The Morgan fingerprint density at radius 2 is 2.07 bits per heavy atom. The van der Waals surface area contributed by atoms with Gasteiger partial charge in [-0.3, -0.25) is 4.99 Å². The van der Waals surface area contributed by atoms with Crippen molar-refractivity contribution < 1.29 is 9.13 Å². The number of halogens is 2. The summed E-state index contributed by atoms with van der Waals surface area (Å²) < 4.78 is 18.9. The number of thiazole rings is 1. The fraction of sp³-hybridized carbons (Fsp3) is 0.500. The number of ether oxygens (including phenoxy) is 1. The number of benzene rings is 1. The van der Waals surface area contributed by atoms with Crippen LogP contribution in [-0.4, -0.2) is 31.6 Å². The van der Waals surface area contributed by atoms with Crippen molar-refractivity contribution in [3.8, 4) is 5.75 Å². The number of aliphatic imine (C=N–C) groups is 1. The highest BCUT2D eigenvalue weighted by Crippen LogP contribution is 2.24. The second-order valence-corrected chi connectivity index (χ2v) is 8.33. The van der Waals surface area contributed by atoms with Gasteiger partial charge in [-0.05, 0) is 24.6 Å². The van der Waals surface area contributed by atoms with E-state index < -0.39 is 0 Å². The zero-order valence-electron chi connectivity index (χ0n) is 17.3. The molecule has 0 bridgehead atoms. The smallest absolute Gasteiger partial charge is 0.191 e. The van der Waals surface area contributed by atoms with Crippen molar-refractivity contribution >= 4 is 41.3 Å². The van der Waals surface area contributed by atoms with Crippen molar-refractivity contribution in [3.05, 3.63) is 45.7 Å². The second kappa shape index (κ2) is 10.9. The Balaban J connectivity index is 0.00000392. The molecule has 1 unspecified atom stereocenters. The van der Waals surface area contributed by atoms with Gasteiger partial charge in [0.2, 0.25) is 0 Å². The number of rotatable bonds is 6. The van der Waals surface area contributed by atoms with Crippen LogP contribution in [0.1, 0.15) is 50.0 Å². The van der Waals surface area contributed by atoms with E-state index in [2.05, 4.69) is 41.8 Å². The van der Waals surface area contributed by atoms with Crippen LogP contribution in [0.3, 0.4) is 0 Å². The molecule has 0 aliphatic rings. The molecule has 1 aromatic carbocycles. The lowest BCUT2D eigenvalue weighted by molar-refractivity contribution is 0.386. The molecule has 2 rings (SSSR count). The summed E-state index contributed by atoms with van der Waals surface area (Å²) >= 11 is 1.69.